The zero-order chi connectivity index (χ0) is 15.4. The molecule has 114 valence electrons. The molecule has 0 spiro atoms. The monoisotopic (exact) mass is 290 g/mol. The number of nitrogens with one attached hydrogen (secondary N) is 1. The number of anilines is 1. The number of urea groups is 1. The molecule has 0 saturated carbocycles. The van der Waals surface area contributed by atoms with Gasteiger partial charge in [-0.05, 0) is 12.1 Å². The number of hydrogen-bond donors (Lipinski definition) is 1. The van der Waals surface area contributed by atoms with Gasteiger partial charge in [0, 0.05) is 26.8 Å². The molecular formula is C15H22N4O2. The van der Waals surface area contributed by atoms with Crippen molar-refractivity contribution in [2.45, 2.75) is 26.7 Å². The quantitative estimate of drug-likeness (QED) is 0.878. The van der Waals surface area contributed by atoms with Crippen molar-refractivity contribution in [3.8, 4) is 0 Å². The van der Waals surface area contributed by atoms with Crippen molar-refractivity contribution < 1.29 is 11.0 Å². The van der Waals surface area contributed by atoms with Crippen LogP contribution in [0.1, 0.15) is 28.1 Å². The molecule has 1 aliphatic rings. The fourth-order valence-corrected chi connectivity index (χ4v) is 2.16. The van der Waals surface area contributed by atoms with E-state index in [9.17, 15) is 9.59 Å². The summed E-state index contributed by atoms with van der Waals surface area (Å²) >= 11 is 0. The van der Waals surface area contributed by atoms with Gasteiger partial charge in [-0.2, -0.15) is 5.10 Å². The highest BCUT2D eigenvalue weighted by Gasteiger charge is 2.27. The molecule has 3 rings (SSSR count). The van der Waals surface area contributed by atoms with Gasteiger partial charge in [0.05, 0.1) is 5.52 Å². The number of carbonyl (C=O) groups is 2. The first-order chi connectivity index (χ1) is 10.1. The van der Waals surface area contributed by atoms with Crippen molar-refractivity contribution in [2.75, 3.05) is 11.4 Å². The number of hydrogen-bond acceptors (Lipinski definition) is 3. The lowest BCUT2D eigenvalue weighted by molar-refractivity contribution is -0.120. The van der Waals surface area contributed by atoms with Crippen molar-refractivity contribution in [3.05, 3.63) is 24.3 Å². The number of nitrogens with zero attached hydrogens (tertiary/aromatic N) is 3. The Balaban J connectivity index is 0.000000562. The molecule has 0 unspecified atom stereocenters. The molecule has 1 fully saturated rings. The molecule has 1 saturated heterocycles. The minimum Gasteiger partial charge on any atom is -0.278 e. The lowest BCUT2D eigenvalue weighted by atomic mass is 10.2. The summed E-state index contributed by atoms with van der Waals surface area (Å²) in [5, 5.41) is 7.57. The molecule has 2 aromatic rings. The molecule has 1 N–H and O–H groups in total. The summed E-state index contributed by atoms with van der Waals surface area (Å²) in [6.45, 7) is 4.62. The van der Waals surface area contributed by atoms with Crippen LogP contribution < -0.4 is 10.2 Å². The predicted molar refractivity (Wildman–Crippen MR) is 84.3 cm³/mol. The van der Waals surface area contributed by atoms with E-state index in [0.717, 1.165) is 10.9 Å². The van der Waals surface area contributed by atoms with Gasteiger partial charge in [0.2, 0.25) is 5.91 Å². The summed E-state index contributed by atoms with van der Waals surface area (Å²) in [6.07, 6.45) is 1.55. The second-order valence-electron chi connectivity index (χ2n) is 4.93. The van der Waals surface area contributed by atoms with E-state index >= 15 is 0 Å². The fourth-order valence-electron chi connectivity index (χ4n) is 2.16. The van der Waals surface area contributed by atoms with E-state index in [2.05, 4.69) is 24.3 Å². The van der Waals surface area contributed by atoms with Gasteiger partial charge in [-0.15, -0.1) is 0 Å². The van der Waals surface area contributed by atoms with E-state index in [-0.39, 0.29) is 7.33 Å². The lowest BCUT2D eigenvalue weighted by Gasteiger charge is -2.24. The smallest absolute Gasteiger partial charge is 0.278 e. The topological polar surface area (TPSA) is 67.2 Å². The first-order valence-corrected chi connectivity index (χ1v) is 7.11. The molecule has 3 amide bonds. The Kier molecular flexibility index (Phi) is 4.57. The number of aromatic nitrogens is 2. The Morgan fingerprint density at radius 1 is 1.29 bits per heavy atom. The van der Waals surface area contributed by atoms with Gasteiger partial charge in [0.15, 0.2) is 5.82 Å². The average molecular weight is 290 g/mol. The molecular weight excluding hydrogens is 268 g/mol. The summed E-state index contributed by atoms with van der Waals surface area (Å²) in [7, 11) is 1.83. The maximum absolute atomic E-state index is 11.8. The Hall–Kier alpha value is -2.37. The largest absolute Gasteiger partial charge is 0.329 e. The summed E-state index contributed by atoms with van der Waals surface area (Å²) in [6, 6.07) is 7.28. The summed E-state index contributed by atoms with van der Waals surface area (Å²) in [5.41, 5.74) is 0.956. The summed E-state index contributed by atoms with van der Waals surface area (Å²) < 4.78 is 1.73. The third-order valence-electron chi connectivity index (χ3n) is 3.05. The van der Waals surface area contributed by atoms with Crippen LogP contribution in [0.5, 0.6) is 0 Å². The number of carbonyl (C=O) groups excluding carboxylic acids is 2. The fraction of sp³-hybridized carbons (Fsp3) is 0.400. The van der Waals surface area contributed by atoms with Crippen LogP contribution in [-0.2, 0) is 11.8 Å². The Bertz CT molecular complexity index is 669. The van der Waals surface area contributed by atoms with Crippen LogP contribution >= 0.6 is 0 Å². The maximum Gasteiger partial charge on any atom is 0.329 e. The van der Waals surface area contributed by atoms with Crippen molar-refractivity contribution in [1.82, 2.24) is 15.1 Å². The normalized spacial score (nSPS) is 14.7. The van der Waals surface area contributed by atoms with Crippen molar-refractivity contribution in [2.24, 2.45) is 7.05 Å². The zero-order valence-electron chi connectivity index (χ0n) is 12.6. The van der Waals surface area contributed by atoms with Gasteiger partial charge in [0.1, 0.15) is 0 Å². The number of benzene rings is 1. The van der Waals surface area contributed by atoms with Gasteiger partial charge in [-0.1, -0.05) is 32.4 Å². The highest BCUT2D eigenvalue weighted by molar-refractivity contribution is 6.08. The SMILES string of the molecule is CCC.Cn1nc(N2CCC(=O)NC2=O)c2ccccc21.[HH]. The van der Waals surface area contributed by atoms with Crippen LogP contribution in [-0.4, -0.2) is 28.3 Å². The van der Waals surface area contributed by atoms with E-state index < -0.39 is 6.03 Å². The lowest BCUT2D eigenvalue weighted by Crippen LogP contribution is -2.49. The molecule has 0 radical (unpaired) electrons. The number of para-hydroxylation sites is 1. The van der Waals surface area contributed by atoms with E-state index in [0.29, 0.717) is 18.8 Å². The molecule has 1 aromatic heterocycles. The number of fused-ring (bicyclic) bond motifs is 1. The Morgan fingerprint density at radius 3 is 2.62 bits per heavy atom. The molecule has 2 heterocycles. The standard InChI is InChI=1S/C12H12N4O2.C3H8.H2/c1-15-9-5-3-2-4-8(9)11(14-15)16-7-6-10(17)13-12(16)18;1-3-2;/h2-5H,6-7H2,1H3,(H,13,17,18);3H2,1-2H3;1H. The van der Waals surface area contributed by atoms with Gasteiger partial charge in [0.25, 0.3) is 0 Å². The van der Waals surface area contributed by atoms with E-state index in [1.165, 1.54) is 11.3 Å². The minimum absolute atomic E-state index is 0. The second-order valence-corrected chi connectivity index (χ2v) is 4.93. The first kappa shape index (κ1) is 15.0. The molecule has 0 bridgehead atoms. The highest BCUT2D eigenvalue weighted by Crippen LogP contribution is 2.26. The number of imide groups is 1. The van der Waals surface area contributed by atoms with Crippen LogP contribution in [0, 0.1) is 0 Å². The minimum atomic E-state index is -0.407. The maximum atomic E-state index is 11.8. The highest BCUT2D eigenvalue weighted by atomic mass is 16.2. The second kappa shape index (κ2) is 6.39. The third kappa shape index (κ3) is 3.04. The van der Waals surface area contributed by atoms with Gasteiger partial charge in [-0.3, -0.25) is 19.7 Å². The molecule has 1 aromatic carbocycles. The summed E-state index contributed by atoms with van der Waals surface area (Å²) in [4.78, 5) is 24.4. The van der Waals surface area contributed by atoms with Crippen molar-refractivity contribution in [1.29, 1.82) is 0 Å². The molecule has 0 aliphatic carbocycles. The van der Waals surface area contributed by atoms with Crippen LogP contribution in [0.2, 0.25) is 0 Å². The van der Waals surface area contributed by atoms with Crippen LogP contribution in [0.25, 0.3) is 10.9 Å². The van der Waals surface area contributed by atoms with Crippen LogP contribution in [0.4, 0.5) is 10.6 Å². The Labute approximate surface area is 125 Å². The number of amides is 3. The Morgan fingerprint density at radius 2 is 1.95 bits per heavy atom. The molecule has 6 heteroatoms. The molecule has 0 atom stereocenters. The van der Waals surface area contributed by atoms with Gasteiger partial charge < -0.3 is 0 Å². The molecule has 21 heavy (non-hydrogen) atoms. The number of aryl methyl sites for hydroxylation is 1. The van der Waals surface area contributed by atoms with Gasteiger partial charge in [-0.25, -0.2) is 4.79 Å². The first-order valence-electron chi connectivity index (χ1n) is 7.11. The molecule has 1 aliphatic heterocycles. The average Bonchev–Trinajstić information content (AvgIpc) is 2.78. The summed E-state index contributed by atoms with van der Waals surface area (Å²) in [5.74, 6) is 0.356. The number of rotatable bonds is 1. The zero-order valence-corrected chi connectivity index (χ0v) is 12.6. The van der Waals surface area contributed by atoms with Crippen molar-refractivity contribution >= 4 is 28.7 Å². The molecule has 6 nitrogen and oxygen atoms in total. The van der Waals surface area contributed by atoms with Crippen molar-refractivity contribution in [3.63, 3.8) is 0 Å². The van der Waals surface area contributed by atoms with Crippen LogP contribution in [0.15, 0.2) is 24.3 Å². The third-order valence-corrected chi connectivity index (χ3v) is 3.05. The van der Waals surface area contributed by atoms with E-state index in [4.69, 9.17) is 0 Å². The van der Waals surface area contributed by atoms with E-state index in [1.54, 1.807) is 4.68 Å². The van der Waals surface area contributed by atoms with Crippen LogP contribution in [0.3, 0.4) is 0 Å². The van der Waals surface area contributed by atoms with E-state index in [1.807, 2.05) is 31.3 Å². The van der Waals surface area contributed by atoms with Gasteiger partial charge >= 0.3 is 6.03 Å². The predicted octanol–water partition coefficient (Wildman–Crippen LogP) is 2.68.